The van der Waals surface area contributed by atoms with E-state index in [1.807, 2.05) is 27.1 Å². The van der Waals surface area contributed by atoms with Crippen molar-refractivity contribution in [1.82, 2.24) is 20.2 Å². The van der Waals surface area contributed by atoms with E-state index in [9.17, 15) is 0 Å². The van der Waals surface area contributed by atoms with Gasteiger partial charge in [-0.25, -0.2) is 9.97 Å². The maximum absolute atomic E-state index is 4.56. The lowest BCUT2D eigenvalue weighted by Crippen LogP contribution is -2.21. The minimum atomic E-state index is 0.666. The topological polar surface area (TPSA) is 41.1 Å². The van der Waals surface area contributed by atoms with E-state index >= 15 is 0 Å². The van der Waals surface area contributed by atoms with Crippen molar-refractivity contribution in [3.63, 3.8) is 0 Å². The second-order valence-electron chi connectivity index (χ2n) is 5.18. The summed E-state index contributed by atoms with van der Waals surface area (Å²) < 4.78 is 0. The third kappa shape index (κ3) is 5.75. The Bertz CT molecular complexity index is 347. The normalized spacial score (nSPS) is 11.5. The van der Waals surface area contributed by atoms with E-state index in [2.05, 4.69) is 34.0 Å². The molecule has 0 aromatic carbocycles. The summed E-state index contributed by atoms with van der Waals surface area (Å²) in [6.45, 7) is 9.06. The number of nitrogens with zero attached hydrogens (tertiary/aromatic N) is 3. The molecule has 17 heavy (non-hydrogen) atoms. The molecule has 0 aliphatic rings. The highest BCUT2D eigenvalue weighted by Gasteiger charge is 2.03. The number of rotatable bonds is 6. The molecule has 1 aromatic rings. The zero-order valence-electron chi connectivity index (χ0n) is 11.6. The second kappa shape index (κ2) is 6.67. The van der Waals surface area contributed by atoms with Crippen molar-refractivity contribution in [1.29, 1.82) is 0 Å². The number of aryl methyl sites for hydroxylation is 1. The van der Waals surface area contributed by atoms with Gasteiger partial charge in [0, 0.05) is 12.2 Å². The molecule has 0 radical (unpaired) electrons. The van der Waals surface area contributed by atoms with Gasteiger partial charge in [-0.3, -0.25) is 0 Å². The summed E-state index contributed by atoms with van der Waals surface area (Å²) in [7, 11) is 4.06. The molecule has 0 fully saturated rings. The van der Waals surface area contributed by atoms with Gasteiger partial charge in [-0.15, -0.1) is 0 Å². The van der Waals surface area contributed by atoms with Gasteiger partial charge in [0.05, 0.1) is 12.2 Å². The van der Waals surface area contributed by atoms with Crippen LogP contribution in [0.1, 0.15) is 31.1 Å². The Morgan fingerprint density at radius 2 is 2.00 bits per heavy atom. The molecule has 1 rings (SSSR count). The van der Waals surface area contributed by atoms with E-state index in [4.69, 9.17) is 0 Å². The average Bonchev–Trinajstić information content (AvgIpc) is 2.14. The molecule has 96 valence electrons. The van der Waals surface area contributed by atoms with Gasteiger partial charge < -0.3 is 10.2 Å². The average molecular weight is 236 g/mol. The highest BCUT2D eigenvalue weighted by molar-refractivity contribution is 5.10. The zero-order chi connectivity index (χ0) is 12.8. The van der Waals surface area contributed by atoms with Gasteiger partial charge in [-0.1, -0.05) is 13.8 Å². The van der Waals surface area contributed by atoms with Crippen LogP contribution in [-0.2, 0) is 13.1 Å². The largest absolute Gasteiger partial charge is 0.311 e. The van der Waals surface area contributed by atoms with Gasteiger partial charge in [-0.2, -0.15) is 0 Å². The minimum absolute atomic E-state index is 0.666. The third-order valence-corrected chi connectivity index (χ3v) is 2.27. The maximum Gasteiger partial charge on any atom is 0.142 e. The molecule has 1 N–H and O–H groups in total. The fourth-order valence-corrected chi connectivity index (χ4v) is 1.63. The van der Waals surface area contributed by atoms with Crippen molar-refractivity contribution in [2.75, 3.05) is 20.6 Å². The molecular formula is C13H24N4. The van der Waals surface area contributed by atoms with Crippen molar-refractivity contribution in [3.8, 4) is 0 Å². The van der Waals surface area contributed by atoms with Crippen molar-refractivity contribution < 1.29 is 0 Å². The van der Waals surface area contributed by atoms with Crippen LogP contribution in [0, 0.1) is 12.8 Å². The Kier molecular flexibility index (Phi) is 5.51. The highest BCUT2D eigenvalue weighted by Crippen LogP contribution is 2.02. The summed E-state index contributed by atoms with van der Waals surface area (Å²) in [4.78, 5) is 11.1. The summed E-state index contributed by atoms with van der Waals surface area (Å²) in [6, 6.07) is 2.05. The Hall–Kier alpha value is -1.00. The van der Waals surface area contributed by atoms with E-state index < -0.39 is 0 Å². The first kappa shape index (κ1) is 14.1. The van der Waals surface area contributed by atoms with E-state index in [1.165, 1.54) is 0 Å². The summed E-state index contributed by atoms with van der Waals surface area (Å²) in [5.41, 5.74) is 2.12. The van der Waals surface area contributed by atoms with Crippen LogP contribution in [0.2, 0.25) is 0 Å². The van der Waals surface area contributed by atoms with Crippen LogP contribution < -0.4 is 5.32 Å². The van der Waals surface area contributed by atoms with Crippen LogP contribution in [0.15, 0.2) is 6.07 Å². The highest BCUT2D eigenvalue weighted by atomic mass is 15.1. The molecular weight excluding hydrogens is 212 g/mol. The predicted octanol–water partition coefficient (Wildman–Crippen LogP) is 1.59. The van der Waals surface area contributed by atoms with Crippen molar-refractivity contribution >= 4 is 0 Å². The molecule has 0 bridgehead atoms. The second-order valence-corrected chi connectivity index (χ2v) is 5.18. The summed E-state index contributed by atoms with van der Waals surface area (Å²) >= 11 is 0. The first-order valence-corrected chi connectivity index (χ1v) is 6.16. The molecule has 0 amide bonds. The van der Waals surface area contributed by atoms with Gasteiger partial charge in [0.1, 0.15) is 5.82 Å². The standard InChI is InChI=1S/C13H24N4/c1-10(2)7-14-8-12-6-11(3)15-13(16-12)9-17(4)5/h6,10,14H,7-9H2,1-5H3. The van der Waals surface area contributed by atoms with Crippen molar-refractivity contribution in [3.05, 3.63) is 23.3 Å². The zero-order valence-corrected chi connectivity index (χ0v) is 11.6. The van der Waals surface area contributed by atoms with E-state index in [0.717, 1.165) is 36.8 Å². The minimum Gasteiger partial charge on any atom is -0.311 e. The third-order valence-electron chi connectivity index (χ3n) is 2.27. The maximum atomic E-state index is 4.56. The molecule has 4 nitrogen and oxygen atoms in total. The van der Waals surface area contributed by atoms with Crippen LogP contribution in [-0.4, -0.2) is 35.5 Å². The smallest absolute Gasteiger partial charge is 0.142 e. The number of aromatic nitrogens is 2. The molecule has 1 heterocycles. The van der Waals surface area contributed by atoms with Gasteiger partial charge in [0.25, 0.3) is 0 Å². The van der Waals surface area contributed by atoms with Gasteiger partial charge in [0.15, 0.2) is 0 Å². The predicted molar refractivity (Wildman–Crippen MR) is 70.7 cm³/mol. The van der Waals surface area contributed by atoms with E-state index in [1.54, 1.807) is 0 Å². The monoisotopic (exact) mass is 236 g/mol. The van der Waals surface area contributed by atoms with Gasteiger partial charge in [0.2, 0.25) is 0 Å². The van der Waals surface area contributed by atoms with Crippen LogP contribution in [0.3, 0.4) is 0 Å². The summed E-state index contributed by atoms with van der Waals surface area (Å²) in [6.07, 6.45) is 0. The van der Waals surface area contributed by atoms with Gasteiger partial charge >= 0.3 is 0 Å². The molecule has 0 saturated heterocycles. The van der Waals surface area contributed by atoms with Crippen LogP contribution >= 0.6 is 0 Å². The molecule has 0 aliphatic heterocycles. The lowest BCUT2D eigenvalue weighted by Gasteiger charge is -2.11. The first-order valence-electron chi connectivity index (χ1n) is 6.16. The molecule has 0 atom stereocenters. The molecule has 0 unspecified atom stereocenters. The van der Waals surface area contributed by atoms with Crippen molar-refractivity contribution in [2.45, 2.75) is 33.9 Å². The lowest BCUT2D eigenvalue weighted by atomic mass is 10.2. The quantitative estimate of drug-likeness (QED) is 0.814. The number of hydrogen-bond donors (Lipinski definition) is 1. The Morgan fingerprint density at radius 1 is 1.29 bits per heavy atom. The number of hydrogen-bond acceptors (Lipinski definition) is 4. The first-order chi connectivity index (χ1) is 7.97. The molecule has 0 aliphatic carbocycles. The van der Waals surface area contributed by atoms with Crippen LogP contribution in [0.5, 0.6) is 0 Å². The Balaban J connectivity index is 2.62. The van der Waals surface area contributed by atoms with Gasteiger partial charge in [-0.05, 0) is 39.5 Å². The van der Waals surface area contributed by atoms with E-state index in [-0.39, 0.29) is 0 Å². The lowest BCUT2D eigenvalue weighted by molar-refractivity contribution is 0.388. The molecule has 4 heteroatoms. The molecule has 0 spiro atoms. The summed E-state index contributed by atoms with van der Waals surface area (Å²) in [5, 5.41) is 3.40. The number of nitrogens with one attached hydrogen (secondary N) is 1. The van der Waals surface area contributed by atoms with Crippen molar-refractivity contribution in [2.24, 2.45) is 5.92 Å². The van der Waals surface area contributed by atoms with Crippen LogP contribution in [0.25, 0.3) is 0 Å². The summed E-state index contributed by atoms with van der Waals surface area (Å²) in [5.74, 6) is 1.57. The fraction of sp³-hybridized carbons (Fsp3) is 0.692. The van der Waals surface area contributed by atoms with E-state index in [0.29, 0.717) is 5.92 Å². The SMILES string of the molecule is Cc1cc(CNCC(C)C)nc(CN(C)C)n1. The molecule has 1 aromatic heterocycles. The fourth-order valence-electron chi connectivity index (χ4n) is 1.63. The Labute approximate surface area is 104 Å². The Morgan fingerprint density at radius 3 is 2.59 bits per heavy atom. The molecule has 0 saturated carbocycles. The van der Waals surface area contributed by atoms with Crippen LogP contribution in [0.4, 0.5) is 0 Å².